The van der Waals surface area contributed by atoms with Crippen molar-refractivity contribution >= 4 is 0 Å². The molecule has 0 fully saturated rings. The highest BCUT2D eigenvalue weighted by Gasteiger charge is 2.10. The third kappa shape index (κ3) is 1.20. The summed E-state index contributed by atoms with van der Waals surface area (Å²) >= 11 is 0. The largest absolute Gasteiger partial charge is 0.392 e. The maximum atomic E-state index is 8.70. The fourth-order valence-electron chi connectivity index (χ4n) is 0.960. The summed E-state index contributed by atoms with van der Waals surface area (Å²) in [5, 5.41) is 8.70. The summed E-state index contributed by atoms with van der Waals surface area (Å²) in [6.45, 7) is 0.734. The number of aliphatic hydroxyl groups is 1. The van der Waals surface area contributed by atoms with Gasteiger partial charge < -0.3 is 10.8 Å². The van der Waals surface area contributed by atoms with Crippen LogP contribution in [0.3, 0.4) is 0 Å². The fourth-order valence-corrected chi connectivity index (χ4v) is 0.960. The van der Waals surface area contributed by atoms with Crippen molar-refractivity contribution in [2.45, 2.75) is 0 Å². The lowest BCUT2D eigenvalue weighted by atomic mass is 10.0. The van der Waals surface area contributed by atoms with E-state index in [4.69, 9.17) is 10.8 Å². The van der Waals surface area contributed by atoms with Gasteiger partial charge in [-0.25, -0.2) is 0 Å². The van der Waals surface area contributed by atoms with Gasteiger partial charge in [0.15, 0.2) is 0 Å². The zero-order valence-corrected chi connectivity index (χ0v) is 5.25. The van der Waals surface area contributed by atoms with E-state index < -0.39 is 0 Å². The Labute approximate surface area is 54.7 Å². The highest BCUT2D eigenvalue weighted by Crippen LogP contribution is 2.16. The summed E-state index contributed by atoms with van der Waals surface area (Å²) in [5.41, 5.74) is 6.42. The van der Waals surface area contributed by atoms with Crippen molar-refractivity contribution in [2.75, 3.05) is 13.2 Å². The second-order valence-corrected chi connectivity index (χ2v) is 2.13. The first-order valence-corrected chi connectivity index (χ1v) is 3.06. The van der Waals surface area contributed by atoms with E-state index in [0.717, 1.165) is 5.57 Å². The van der Waals surface area contributed by atoms with Crippen LogP contribution in [0.2, 0.25) is 0 Å². The van der Waals surface area contributed by atoms with Crippen LogP contribution in [0.25, 0.3) is 0 Å². The molecule has 1 atom stereocenters. The quantitative estimate of drug-likeness (QED) is 0.547. The van der Waals surface area contributed by atoms with Crippen LogP contribution < -0.4 is 5.73 Å². The molecule has 0 bridgehead atoms. The molecule has 0 heterocycles. The SMILES string of the molecule is NCC1C=CC=C1CO. The van der Waals surface area contributed by atoms with E-state index in [1.807, 2.05) is 18.2 Å². The zero-order valence-electron chi connectivity index (χ0n) is 5.25. The topological polar surface area (TPSA) is 46.2 Å². The van der Waals surface area contributed by atoms with E-state index in [0.29, 0.717) is 6.54 Å². The Morgan fingerprint density at radius 1 is 1.67 bits per heavy atom. The van der Waals surface area contributed by atoms with Crippen molar-refractivity contribution in [1.82, 2.24) is 0 Å². The lowest BCUT2D eigenvalue weighted by Gasteiger charge is -2.06. The molecule has 1 rings (SSSR count). The minimum absolute atomic E-state index is 0.134. The Kier molecular flexibility index (Phi) is 2.03. The first kappa shape index (κ1) is 6.52. The average molecular weight is 125 g/mol. The van der Waals surface area contributed by atoms with E-state index >= 15 is 0 Å². The molecule has 50 valence electrons. The lowest BCUT2D eigenvalue weighted by Crippen LogP contribution is -2.14. The van der Waals surface area contributed by atoms with Gasteiger partial charge >= 0.3 is 0 Å². The molecular weight excluding hydrogens is 114 g/mol. The molecule has 0 aliphatic heterocycles. The molecule has 0 aromatic carbocycles. The summed E-state index contributed by atoms with van der Waals surface area (Å²) in [5.74, 6) is 0.287. The molecule has 0 saturated heterocycles. The Morgan fingerprint density at radius 3 is 2.89 bits per heavy atom. The lowest BCUT2D eigenvalue weighted by molar-refractivity contribution is 0.321. The van der Waals surface area contributed by atoms with E-state index in [9.17, 15) is 0 Å². The van der Waals surface area contributed by atoms with Crippen LogP contribution in [0.5, 0.6) is 0 Å². The Morgan fingerprint density at radius 2 is 2.44 bits per heavy atom. The van der Waals surface area contributed by atoms with Gasteiger partial charge in [0.2, 0.25) is 0 Å². The molecule has 1 aliphatic carbocycles. The Hall–Kier alpha value is -0.600. The van der Waals surface area contributed by atoms with Crippen molar-refractivity contribution in [1.29, 1.82) is 0 Å². The summed E-state index contributed by atoms with van der Waals surface area (Å²) in [4.78, 5) is 0. The highest BCUT2D eigenvalue weighted by molar-refractivity contribution is 5.27. The zero-order chi connectivity index (χ0) is 6.69. The van der Waals surface area contributed by atoms with Gasteiger partial charge in [0, 0.05) is 12.5 Å². The molecule has 0 aromatic rings. The molecule has 2 nitrogen and oxygen atoms in total. The molecule has 0 spiro atoms. The van der Waals surface area contributed by atoms with E-state index in [2.05, 4.69) is 0 Å². The van der Waals surface area contributed by atoms with Crippen LogP contribution in [0.4, 0.5) is 0 Å². The number of nitrogens with two attached hydrogens (primary N) is 1. The summed E-state index contributed by atoms with van der Waals surface area (Å²) < 4.78 is 0. The van der Waals surface area contributed by atoms with Crippen LogP contribution in [-0.2, 0) is 0 Å². The summed E-state index contributed by atoms with van der Waals surface area (Å²) in [6.07, 6.45) is 5.85. The maximum absolute atomic E-state index is 8.70. The molecule has 0 saturated carbocycles. The van der Waals surface area contributed by atoms with E-state index in [1.165, 1.54) is 0 Å². The van der Waals surface area contributed by atoms with Gasteiger partial charge in [-0.2, -0.15) is 0 Å². The number of aliphatic hydroxyl groups excluding tert-OH is 1. The molecule has 3 N–H and O–H groups in total. The average Bonchev–Trinajstić information content (AvgIpc) is 2.33. The maximum Gasteiger partial charge on any atom is 0.0651 e. The molecule has 1 unspecified atom stereocenters. The smallest absolute Gasteiger partial charge is 0.0651 e. The van der Waals surface area contributed by atoms with Crippen LogP contribution in [-0.4, -0.2) is 18.3 Å². The van der Waals surface area contributed by atoms with Gasteiger partial charge in [-0.3, -0.25) is 0 Å². The number of hydrogen-bond acceptors (Lipinski definition) is 2. The van der Waals surface area contributed by atoms with Gasteiger partial charge in [0.25, 0.3) is 0 Å². The molecular formula is C7H11NO. The molecule has 1 aliphatic rings. The van der Waals surface area contributed by atoms with Crippen molar-refractivity contribution in [3.05, 3.63) is 23.8 Å². The fraction of sp³-hybridized carbons (Fsp3) is 0.429. The molecule has 0 aromatic heterocycles. The second kappa shape index (κ2) is 2.80. The predicted octanol–water partition coefficient (Wildman–Crippen LogP) is 0.0498. The van der Waals surface area contributed by atoms with Gasteiger partial charge in [-0.1, -0.05) is 18.2 Å². The third-order valence-corrected chi connectivity index (χ3v) is 1.57. The van der Waals surface area contributed by atoms with Gasteiger partial charge in [0.1, 0.15) is 0 Å². The van der Waals surface area contributed by atoms with E-state index in [-0.39, 0.29) is 12.5 Å². The van der Waals surface area contributed by atoms with Crippen LogP contribution >= 0.6 is 0 Å². The van der Waals surface area contributed by atoms with Crippen LogP contribution in [0.15, 0.2) is 23.8 Å². The predicted molar refractivity (Wildman–Crippen MR) is 36.9 cm³/mol. The monoisotopic (exact) mass is 125 g/mol. The third-order valence-electron chi connectivity index (χ3n) is 1.57. The first-order chi connectivity index (χ1) is 4.38. The normalized spacial score (nSPS) is 24.7. The number of rotatable bonds is 2. The molecule has 0 radical (unpaired) electrons. The van der Waals surface area contributed by atoms with Crippen LogP contribution in [0, 0.1) is 5.92 Å². The first-order valence-electron chi connectivity index (χ1n) is 3.06. The number of hydrogen-bond donors (Lipinski definition) is 2. The standard InChI is InChI=1S/C7H11NO/c8-4-6-2-1-3-7(6)5-9/h1-3,6,9H,4-5,8H2. The van der Waals surface area contributed by atoms with Gasteiger partial charge in [-0.15, -0.1) is 0 Å². The van der Waals surface area contributed by atoms with Crippen molar-refractivity contribution < 1.29 is 5.11 Å². The summed E-state index contributed by atoms with van der Waals surface area (Å²) in [7, 11) is 0. The van der Waals surface area contributed by atoms with Crippen molar-refractivity contribution in [3.63, 3.8) is 0 Å². The number of allylic oxidation sites excluding steroid dienone is 2. The second-order valence-electron chi connectivity index (χ2n) is 2.13. The Balaban J connectivity index is 2.55. The highest BCUT2D eigenvalue weighted by atomic mass is 16.3. The van der Waals surface area contributed by atoms with E-state index in [1.54, 1.807) is 0 Å². The molecule has 2 heteroatoms. The van der Waals surface area contributed by atoms with Gasteiger partial charge in [0.05, 0.1) is 6.61 Å². The minimum Gasteiger partial charge on any atom is -0.392 e. The molecule has 9 heavy (non-hydrogen) atoms. The molecule has 0 amide bonds. The minimum atomic E-state index is 0.134. The van der Waals surface area contributed by atoms with Crippen molar-refractivity contribution in [3.8, 4) is 0 Å². The van der Waals surface area contributed by atoms with Gasteiger partial charge in [-0.05, 0) is 5.57 Å². The Bertz CT molecular complexity index is 149. The van der Waals surface area contributed by atoms with Crippen molar-refractivity contribution in [2.24, 2.45) is 11.7 Å². The van der Waals surface area contributed by atoms with Crippen LogP contribution in [0.1, 0.15) is 0 Å². The summed E-state index contributed by atoms with van der Waals surface area (Å²) in [6, 6.07) is 0.